The van der Waals surface area contributed by atoms with Gasteiger partial charge in [-0.2, -0.15) is 0 Å². The Hall–Kier alpha value is -0.370. The minimum Gasteiger partial charge on any atom is -0.386 e. The van der Waals surface area contributed by atoms with Gasteiger partial charge in [0.25, 0.3) is 0 Å². The zero-order valence-corrected chi connectivity index (χ0v) is 3.39. The Kier molecular flexibility index (Phi) is 2.67. The van der Waals surface area contributed by atoms with Gasteiger partial charge in [-0.25, -0.2) is 4.39 Å². The van der Waals surface area contributed by atoms with Gasteiger partial charge in [-0.15, -0.1) is 6.58 Å². The maximum absolute atomic E-state index is 11.1. The van der Waals surface area contributed by atoms with Crippen LogP contribution in [0.1, 0.15) is 0 Å². The molecule has 2 heteroatoms. The fourth-order valence-corrected chi connectivity index (χ4v) is 0.0630. The van der Waals surface area contributed by atoms with Gasteiger partial charge in [-0.3, -0.25) is 0 Å². The quantitative estimate of drug-likeness (QED) is 0.489. The van der Waals surface area contributed by atoms with Gasteiger partial charge in [0.1, 0.15) is 12.8 Å². The minimum atomic E-state index is -0.968. The van der Waals surface area contributed by atoms with E-state index >= 15 is 0 Å². The van der Waals surface area contributed by atoms with E-state index in [1.807, 2.05) is 0 Å². The topological polar surface area (TPSA) is 20.2 Å². The van der Waals surface area contributed by atoms with Crippen LogP contribution in [-0.2, 0) is 0 Å². The molecule has 0 aromatic heterocycles. The van der Waals surface area contributed by atoms with E-state index < -0.39 is 12.8 Å². The molecule has 0 aliphatic carbocycles. The second-order valence-corrected chi connectivity index (χ2v) is 0.957. The molecule has 36 valence electrons. The standard InChI is InChI=1S/C4H7FO/c1-2-4(6)3-5/h2,4,6H,1,3H2. The molecule has 0 saturated heterocycles. The summed E-state index contributed by atoms with van der Waals surface area (Å²) in [5.41, 5.74) is 0. The van der Waals surface area contributed by atoms with E-state index in [4.69, 9.17) is 5.11 Å². The van der Waals surface area contributed by atoms with Crippen molar-refractivity contribution in [3.63, 3.8) is 0 Å². The van der Waals surface area contributed by atoms with Gasteiger partial charge in [0, 0.05) is 0 Å². The number of hydrogen-bond donors (Lipinski definition) is 1. The van der Waals surface area contributed by atoms with Crippen molar-refractivity contribution in [1.29, 1.82) is 0 Å². The summed E-state index contributed by atoms with van der Waals surface area (Å²) in [5.74, 6) is 0. The Morgan fingerprint density at radius 3 is 2.50 bits per heavy atom. The number of aliphatic hydroxyl groups excluding tert-OH is 1. The Balaban J connectivity index is 2.96. The van der Waals surface area contributed by atoms with Gasteiger partial charge >= 0.3 is 0 Å². The number of hydrogen-bond acceptors (Lipinski definition) is 1. The van der Waals surface area contributed by atoms with Crippen LogP contribution in [0.4, 0.5) is 4.39 Å². The smallest absolute Gasteiger partial charge is 0.119 e. The van der Waals surface area contributed by atoms with Gasteiger partial charge in [0.2, 0.25) is 0 Å². The second kappa shape index (κ2) is 2.85. The van der Waals surface area contributed by atoms with Crippen molar-refractivity contribution < 1.29 is 9.50 Å². The van der Waals surface area contributed by atoms with Crippen molar-refractivity contribution in [3.8, 4) is 0 Å². The van der Waals surface area contributed by atoms with E-state index in [2.05, 4.69) is 6.58 Å². The number of rotatable bonds is 2. The monoisotopic (exact) mass is 90.0 g/mol. The van der Waals surface area contributed by atoms with Crippen LogP contribution in [0.5, 0.6) is 0 Å². The summed E-state index contributed by atoms with van der Waals surface area (Å²) < 4.78 is 11.1. The first-order chi connectivity index (χ1) is 2.81. The van der Waals surface area contributed by atoms with Gasteiger partial charge in [-0.1, -0.05) is 6.08 Å². The molecule has 0 rings (SSSR count). The largest absolute Gasteiger partial charge is 0.386 e. The first kappa shape index (κ1) is 5.63. The Morgan fingerprint density at radius 2 is 2.50 bits per heavy atom. The highest BCUT2D eigenvalue weighted by Gasteiger charge is 1.89. The van der Waals surface area contributed by atoms with E-state index in [9.17, 15) is 4.39 Å². The maximum atomic E-state index is 11.1. The molecule has 0 spiro atoms. The molecule has 1 atom stereocenters. The normalized spacial score (nSPS) is 13.7. The third kappa shape index (κ3) is 1.91. The third-order valence-corrected chi connectivity index (χ3v) is 0.430. The van der Waals surface area contributed by atoms with Crippen molar-refractivity contribution in [2.45, 2.75) is 6.10 Å². The van der Waals surface area contributed by atoms with Gasteiger partial charge < -0.3 is 5.11 Å². The first-order valence-electron chi connectivity index (χ1n) is 1.68. The van der Waals surface area contributed by atoms with Crippen LogP contribution in [-0.4, -0.2) is 17.9 Å². The highest BCUT2D eigenvalue weighted by Crippen LogP contribution is 1.80. The van der Waals surface area contributed by atoms with Crippen molar-refractivity contribution >= 4 is 0 Å². The van der Waals surface area contributed by atoms with Crippen LogP contribution in [0.25, 0.3) is 0 Å². The van der Waals surface area contributed by atoms with Crippen LogP contribution < -0.4 is 0 Å². The summed E-state index contributed by atoms with van der Waals surface area (Å²) in [6.07, 6.45) is 0.185. The number of aliphatic hydroxyl groups is 1. The lowest BCUT2D eigenvalue weighted by Gasteiger charge is -1.90. The first-order valence-corrected chi connectivity index (χ1v) is 1.68. The molecule has 1 nitrogen and oxygen atoms in total. The highest BCUT2D eigenvalue weighted by atomic mass is 19.1. The average molecular weight is 90.1 g/mol. The number of alkyl halides is 1. The summed E-state index contributed by atoms with van der Waals surface area (Å²) in [7, 11) is 0. The zero-order valence-electron chi connectivity index (χ0n) is 3.39. The molecular weight excluding hydrogens is 83.0 g/mol. The molecule has 0 amide bonds. The van der Waals surface area contributed by atoms with Crippen LogP contribution in [0.15, 0.2) is 12.7 Å². The lowest BCUT2D eigenvalue weighted by atomic mass is 10.4. The fraction of sp³-hybridized carbons (Fsp3) is 0.500. The summed E-state index contributed by atoms with van der Waals surface area (Å²) in [4.78, 5) is 0. The van der Waals surface area contributed by atoms with Gasteiger partial charge in [0.15, 0.2) is 0 Å². The minimum absolute atomic E-state index is 0.733. The molecule has 0 heterocycles. The second-order valence-electron chi connectivity index (χ2n) is 0.957. The average Bonchev–Trinajstić information content (AvgIpc) is 1.65. The zero-order chi connectivity index (χ0) is 4.99. The molecule has 0 saturated carbocycles. The van der Waals surface area contributed by atoms with E-state index in [0.717, 1.165) is 6.08 Å². The lowest BCUT2D eigenvalue weighted by molar-refractivity contribution is 0.184. The van der Waals surface area contributed by atoms with E-state index in [0.29, 0.717) is 0 Å². The van der Waals surface area contributed by atoms with Crippen LogP contribution in [0.2, 0.25) is 0 Å². The molecule has 0 aliphatic rings. The Labute approximate surface area is 36.1 Å². The molecular formula is C4H7FO. The molecule has 0 radical (unpaired) electrons. The Morgan fingerprint density at radius 1 is 2.00 bits per heavy atom. The molecule has 0 aliphatic heterocycles. The summed E-state index contributed by atoms with van der Waals surface area (Å²) in [6, 6.07) is 0. The maximum Gasteiger partial charge on any atom is 0.119 e. The van der Waals surface area contributed by atoms with Crippen molar-refractivity contribution in [3.05, 3.63) is 12.7 Å². The molecule has 6 heavy (non-hydrogen) atoms. The van der Waals surface area contributed by atoms with Crippen molar-refractivity contribution in [2.24, 2.45) is 0 Å². The highest BCUT2D eigenvalue weighted by molar-refractivity contribution is 4.76. The summed E-state index contributed by atoms with van der Waals surface area (Å²) in [6.45, 7) is 2.41. The fourth-order valence-electron chi connectivity index (χ4n) is 0.0630. The van der Waals surface area contributed by atoms with Crippen molar-refractivity contribution in [1.82, 2.24) is 0 Å². The summed E-state index contributed by atoms with van der Waals surface area (Å²) in [5, 5.41) is 8.17. The molecule has 0 bridgehead atoms. The van der Waals surface area contributed by atoms with Gasteiger partial charge in [-0.05, 0) is 0 Å². The predicted molar refractivity (Wildman–Crippen MR) is 22.2 cm³/mol. The van der Waals surface area contributed by atoms with Crippen LogP contribution >= 0.6 is 0 Å². The molecule has 0 fully saturated rings. The van der Waals surface area contributed by atoms with Crippen LogP contribution in [0.3, 0.4) is 0 Å². The summed E-state index contributed by atoms with van der Waals surface area (Å²) >= 11 is 0. The molecule has 1 unspecified atom stereocenters. The third-order valence-electron chi connectivity index (χ3n) is 0.430. The lowest BCUT2D eigenvalue weighted by Crippen LogP contribution is -2.01. The molecule has 1 N–H and O–H groups in total. The van der Waals surface area contributed by atoms with E-state index in [1.165, 1.54) is 0 Å². The number of halogens is 1. The van der Waals surface area contributed by atoms with E-state index in [1.54, 1.807) is 0 Å². The van der Waals surface area contributed by atoms with E-state index in [-0.39, 0.29) is 0 Å². The van der Waals surface area contributed by atoms with Gasteiger partial charge in [0.05, 0.1) is 0 Å². The Bertz CT molecular complexity index is 44.8. The van der Waals surface area contributed by atoms with Crippen molar-refractivity contribution in [2.75, 3.05) is 6.67 Å². The SMILES string of the molecule is C=CC(O)CF. The van der Waals surface area contributed by atoms with Crippen LogP contribution in [0, 0.1) is 0 Å². The predicted octanol–water partition coefficient (Wildman–Crippen LogP) is 0.503. The molecule has 0 aromatic carbocycles. The molecule has 0 aromatic rings.